The lowest BCUT2D eigenvalue weighted by Gasteiger charge is -2.40. The fraction of sp³-hybridized carbons (Fsp3) is 0.333. The van der Waals surface area contributed by atoms with Gasteiger partial charge in [-0.3, -0.25) is 15.1 Å². The average Bonchev–Trinajstić information content (AvgIpc) is 3.50. The molecule has 4 aromatic rings. The van der Waals surface area contributed by atoms with Crippen LogP contribution in [0.15, 0.2) is 53.7 Å². The molecule has 6 rings (SSSR count). The highest BCUT2D eigenvalue weighted by Crippen LogP contribution is 2.41. The normalized spacial score (nSPS) is 18.0. The number of amides is 1. The standard InChI is InChI=1S/C27H27F2N7O3/c1-17-25(36(19-3-2-4-30-13-19)23-15-38-10-5-31-23)24-20(29)11-18(28)12-21(24)33-26(17)34-6-8-35(9-7-34)27(37)22-14-39-16-32-22/h2-4,11-14,16,23,31H,5-10,15H2,1H3. The number of oxazole rings is 1. The van der Waals surface area contributed by atoms with E-state index in [9.17, 15) is 9.18 Å². The molecule has 1 amide bonds. The largest absolute Gasteiger partial charge is 0.451 e. The monoisotopic (exact) mass is 535 g/mol. The van der Waals surface area contributed by atoms with E-state index < -0.39 is 11.6 Å². The molecule has 2 saturated heterocycles. The second kappa shape index (κ2) is 10.5. The van der Waals surface area contributed by atoms with Crippen LogP contribution in [0.4, 0.5) is 26.0 Å². The van der Waals surface area contributed by atoms with Gasteiger partial charge in [-0.15, -0.1) is 0 Å². The lowest BCUT2D eigenvalue weighted by Crippen LogP contribution is -2.52. The Bertz CT molecular complexity index is 1470. The van der Waals surface area contributed by atoms with Crippen molar-refractivity contribution in [2.24, 2.45) is 0 Å². The van der Waals surface area contributed by atoms with Gasteiger partial charge in [0, 0.05) is 56.6 Å². The van der Waals surface area contributed by atoms with Gasteiger partial charge in [0.05, 0.1) is 41.7 Å². The molecule has 1 unspecified atom stereocenters. The zero-order valence-electron chi connectivity index (χ0n) is 21.3. The van der Waals surface area contributed by atoms with Gasteiger partial charge < -0.3 is 23.9 Å². The number of anilines is 3. The Balaban J connectivity index is 1.44. The molecule has 1 N–H and O–H groups in total. The molecule has 5 heterocycles. The third kappa shape index (κ3) is 4.77. The predicted octanol–water partition coefficient (Wildman–Crippen LogP) is 3.25. The number of nitrogens with zero attached hydrogens (tertiary/aromatic N) is 6. The molecule has 0 saturated carbocycles. The van der Waals surface area contributed by atoms with Crippen LogP contribution in [0.1, 0.15) is 16.1 Å². The summed E-state index contributed by atoms with van der Waals surface area (Å²) in [6, 6.07) is 5.84. The van der Waals surface area contributed by atoms with E-state index >= 15 is 4.39 Å². The SMILES string of the molecule is Cc1c(N2CCN(C(=O)c3cocn3)CC2)nc2cc(F)cc(F)c2c1N(c1cccnc1)C1COCCN1. The minimum absolute atomic E-state index is 0.204. The zero-order chi connectivity index (χ0) is 26.9. The fourth-order valence-corrected chi connectivity index (χ4v) is 5.26. The molecule has 39 heavy (non-hydrogen) atoms. The van der Waals surface area contributed by atoms with Crippen molar-refractivity contribution in [1.82, 2.24) is 25.2 Å². The molecule has 12 heteroatoms. The number of fused-ring (bicyclic) bond motifs is 1. The van der Waals surface area contributed by atoms with Crippen molar-refractivity contribution in [3.8, 4) is 0 Å². The van der Waals surface area contributed by atoms with Gasteiger partial charge in [0.15, 0.2) is 12.1 Å². The van der Waals surface area contributed by atoms with Crippen LogP contribution in [0.2, 0.25) is 0 Å². The Morgan fingerprint density at radius 1 is 1.21 bits per heavy atom. The summed E-state index contributed by atoms with van der Waals surface area (Å²) < 4.78 is 40.7. The van der Waals surface area contributed by atoms with Gasteiger partial charge >= 0.3 is 0 Å². The van der Waals surface area contributed by atoms with Crippen LogP contribution in [-0.2, 0) is 4.74 Å². The van der Waals surface area contributed by atoms with Crippen LogP contribution in [0.5, 0.6) is 0 Å². The number of carbonyl (C=O) groups excluding carboxylic acids is 1. The van der Waals surface area contributed by atoms with Gasteiger partial charge in [-0.2, -0.15) is 0 Å². The molecule has 0 radical (unpaired) electrons. The van der Waals surface area contributed by atoms with Crippen molar-refractivity contribution in [3.63, 3.8) is 0 Å². The maximum Gasteiger partial charge on any atom is 0.275 e. The van der Waals surface area contributed by atoms with Gasteiger partial charge in [0.2, 0.25) is 0 Å². The Kier molecular flexibility index (Phi) is 6.79. The Morgan fingerprint density at radius 2 is 2.05 bits per heavy atom. The minimum Gasteiger partial charge on any atom is -0.451 e. The number of pyridine rings is 2. The molecule has 2 aliphatic heterocycles. The molecule has 202 valence electrons. The van der Waals surface area contributed by atoms with E-state index in [0.29, 0.717) is 57.4 Å². The second-order valence-electron chi connectivity index (χ2n) is 9.47. The van der Waals surface area contributed by atoms with Crippen molar-refractivity contribution in [3.05, 3.63) is 72.2 Å². The van der Waals surface area contributed by atoms with E-state index in [2.05, 4.69) is 15.3 Å². The quantitative estimate of drug-likeness (QED) is 0.413. The molecular weight excluding hydrogens is 508 g/mol. The number of morpholine rings is 1. The molecule has 1 aromatic carbocycles. The molecule has 0 aliphatic carbocycles. The van der Waals surface area contributed by atoms with Crippen LogP contribution in [0.3, 0.4) is 0 Å². The van der Waals surface area contributed by atoms with E-state index in [1.807, 2.05) is 28.9 Å². The lowest BCUT2D eigenvalue weighted by molar-refractivity contribution is 0.0740. The summed E-state index contributed by atoms with van der Waals surface area (Å²) in [5.74, 6) is -1.01. The molecule has 2 fully saturated rings. The third-order valence-corrected chi connectivity index (χ3v) is 7.08. The summed E-state index contributed by atoms with van der Waals surface area (Å²) in [5.41, 5.74) is 2.47. The number of ether oxygens (including phenoxy) is 1. The van der Waals surface area contributed by atoms with Gasteiger partial charge in [0.1, 0.15) is 29.9 Å². The van der Waals surface area contributed by atoms with Crippen LogP contribution < -0.4 is 15.1 Å². The van der Waals surface area contributed by atoms with E-state index in [4.69, 9.17) is 14.1 Å². The number of aromatic nitrogens is 3. The minimum atomic E-state index is -0.705. The number of halogens is 2. The van der Waals surface area contributed by atoms with E-state index in [1.165, 1.54) is 18.7 Å². The van der Waals surface area contributed by atoms with E-state index in [1.54, 1.807) is 17.3 Å². The highest BCUT2D eigenvalue weighted by atomic mass is 19.1. The number of hydrogen-bond donors (Lipinski definition) is 1. The van der Waals surface area contributed by atoms with Crippen molar-refractivity contribution in [1.29, 1.82) is 0 Å². The second-order valence-corrected chi connectivity index (χ2v) is 9.47. The van der Waals surface area contributed by atoms with Gasteiger partial charge in [-0.25, -0.2) is 18.7 Å². The van der Waals surface area contributed by atoms with Crippen LogP contribution in [0.25, 0.3) is 10.9 Å². The van der Waals surface area contributed by atoms with Crippen molar-refractivity contribution in [2.75, 3.05) is 55.7 Å². The number of piperazine rings is 1. The predicted molar refractivity (Wildman–Crippen MR) is 140 cm³/mol. The molecule has 2 aliphatic rings. The van der Waals surface area contributed by atoms with Crippen LogP contribution >= 0.6 is 0 Å². The van der Waals surface area contributed by atoms with E-state index in [0.717, 1.165) is 17.3 Å². The number of nitrogens with one attached hydrogen (secondary N) is 1. The Morgan fingerprint density at radius 3 is 2.74 bits per heavy atom. The number of carbonyl (C=O) groups is 1. The summed E-state index contributed by atoms with van der Waals surface area (Å²) in [6.07, 6.45) is 5.62. The van der Waals surface area contributed by atoms with Crippen molar-refractivity contribution >= 4 is 34.0 Å². The molecule has 1 atom stereocenters. The summed E-state index contributed by atoms with van der Waals surface area (Å²) >= 11 is 0. The smallest absolute Gasteiger partial charge is 0.275 e. The molecule has 0 spiro atoms. The number of rotatable bonds is 5. The Labute approximate surface area is 223 Å². The average molecular weight is 536 g/mol. The van der Waals surface area contributed by atoms with Gasteiger partial charge in [-0.05, 0) is 19.1 Å². The summed E-state index contributed by atoms with van der Waals surface area (Å²) in [4.78, 5) is 31.4. The van der Waals surface area contributed by atoms with Crippen LogP contribution in [0, 0.1) is 18.6 Å². The lowest BCUT2D eigenvalue weighted by atomic mass is 10.0. The highest BCUT2D eigenvalue weighted by molar-refractivity contribution is 5.99. The summed E-state index contributed by atoms with van der Waals surface area (Å²) in [6.45, 7) is 5.27. The maximum absolute atomic E-state index is 15.5. The first-order valence-corrected chi connectivity index (χ1v) is 12.7. The zero-order valence-corrected chi connectivity index (χ0v) is 21.3. The van der Waals surface area contributed by atoms with Crippen molar-refractivity contribution in [2.45, 2.75) is 13.1 Å². The van der Waals surface area contributed by atoms with Crippen molar-refractivity contribution < 1.29 is 22.7 Å². The first-order chi connectivity index (χ1) is 19.0. The first kappa shape index (κ1) is 25.1. The molecule has 0 bridgehead atoms. The first-order valence-electron chi connectivity index (χ1n) is 12.7. The third-order valence-electron chi connectivity index (χ3n) is 7.08. The van der Waals surface area contributed by atoms with Crippen LogP contribution in [-0.4, -0.2) is 77.9 Å². The molecule has 3 aromatic heterocycles. The van der Waals surface area contributed by atoms with Gasteiger partial charge in [0.25, 0.3) is 5.91 Å². The van der Waals surface area contributed by atoms with E-state index in [-0.39, 0.29) is 28.7 Å². The summed E-state index contributed by atoms with van der Waals surface area (Å²) in [5, 5.41) is 3.67. The highest BCUT2D eigenvalue weighted by Gasteiger charge is 2.32. The topological polar surface area (TPSA) is 99.9 Å². The van der Waals surface area contributed by atoms with Gasteiger partial charge in [-0.1, -0.05) is 0 Å². The number of benzene rings is 1. The Hall–Kier alpha value is -4.16. The fourth-order valence-electron chi connectivity index (χ4n) is 5.26. The summed E-state index contributed by atoms with van der Waals surface area (Å²) in [7, 11) is 0. The molecular formula is C27H27F2N7O3. The molecule has 10 nitrogen and oxygen atoms in total. The number of hydrogen-bond acceptors (Lipinski definition) is 9. The maximum atomic E-state index is 15.5.